The molecule has 0 unspecified atom stereocenters. The highest BCUT2D eigenvalue weighted by atomic mass is 35.5. The highest BCUT2D eigenvalue weighted by molar-refractivity contribution is 6.32. The molecule has 0 spiro atoms. The monoisotopic (exact) mass is 216 g/mol. The SMILES string of the molecule is CNC(=O)C(C)(C)n1ncc(N)c1Cl. The van der Waals surface area contributed by atoms with Crippen molar-refractivity contribution in [2.45, 2.75) is 19.4 Å². The van der Waals surface area contributed by atoms with Crippen LogP contribution in [-0.4, -0.2) is 22.7 Å². The van der Waals surface area contributed by atoms with Crippen molar-refractivity contribution in [1.29, 1.82) is 0 Å². The number of anilines is 1. The molecule has 78 valence electrons. The van der Waals surface area contributed by atoms with E-state index in [0.717, 1.165) is 0 Å². The van der Waals surface area contributed by atoms with Gasteiger partial charge in [0.05, 0.1) is 11.9 Å². The number of carbonyl (C=O) groups is 1. The van der Waals surface area contributed by atoms with Gasteiger partial charge in [-0.1, -0.05) is 11.6 Å². The average molecular weight is 217 g/mol. The molecule has 1 amide bonds. The minimum atomic E-state index is -0.844. The highest BCUT2D eigenvalue weighted by Crippen LogP contribution is 2.25. The molecule has 0 aliphatic carbocycles. The lowest BCUT2D eigenvalue weighted by Gasteiger charge is -2.23. The topological polar surface area (TPSA) is 72.9 Å². The molecule has 0 saturated carbocycles. The molecule has 1 aromatic rings. The molecule has 0 radical (unpaired) electrons. The van der Waals surface area contributed by atoms with Crippen LogP contribution in [0.5, 0.6) is 0 Å². The molecular weight excluding hydrogens is 204 g/mol. The van der Waals surface area contributed by atoms with Crippen LogP contribution in [0.15, 0.2) is 6.20 Å². The molecule has 5 nitrogen and oxygen atoms in total. The lowest BCUT2D eigenvalue weighted by molar-refractivity contribution is -0.128. The molecular formula is C8H13ClN4O. The van der Waals surface area contributed by atoms with Gasteiger partial charge in [-0.15, -0.1) is 0 Å². The summed E-state index contributed by atoms with van der Waals surface area (Å²) in [7, 11) is 1.56. The summed E-state index contributed by atoms with van der Waals surface area (Å²) in [5.74, 6) is -0.178. The van der Waals surface area contributed by atoms with Gasteiger partial charge in [0.15, 0.2) is 5.15 Å². The van der Waals surface area contributed by atoms with Gasteiger partial charge in [0.25, 0.3) is 0 Å². The predicted octanol–water partition coefficient (Wildman–Crippen LogP) is 0.600. The van der Waals surface area contributed by atoms with Crippen LogP contribution in [0.1, 0.15) is 13.8 Å². The van der Waals surface area contributed by atoms with E-state index in [2.05, 4.69) is 10.4 Å². The minimum absolute atomic E-state index is 0.178. The van der Waals surface area contributed by atoms with E-state index in [1.54, 1.807) is 20.9 Å². The zero-order chi connectivity index (χ0) is 10.9. The van der Waals surface area contributed by atoms with Gasteiger partial charge in [-0.3, -0.25) is 4.79 Å². The number of halogens is 1. The number of rotatable bonds is 2. The highest BCUT2D eigenvalue weighted by Gasteiger charge is 2.31. The van der Waals surface area contributed by atoms with Crippen LogP contribution in [0.2, 0.25) is 5.15 Å². The summed E-state index contributed by atoms with van der Waals surface area (Å²) in [5.41, 5.74) is 5.05. The fourth-order valence-electron chi connectivity index (χ4n) is 1.14. The number of nitrogens with two attached hydrogens (primary N) is 1. The van der Waals surface area contributed by atoms with Crippen molar-refractivity contribution in [3.05, 3.63) is 11.3 Å². The van der Waals surface area contributed by atoms with Crippen molar-refractivity contribution >= 4 is 23.2 Å². The largest absolute Gasteiger partial charge is 0.395 e. The first-order chi connectivity index (χ1) is 6.41. The fraction of sp³-hybridized carbons (Fsp3) is 0.500. The van der Waals surface area contributed by atoms with Crippen LogP contribution in [0.25, 0.3) is 0 Å². The molecule has 6 heteroatoms. The zero-order valence-corrected chi connectivity index (χ0v) is 9.09. The Balaban J connectivity index is 3.16. The maximum Gasteiger partial charge on any atom is 0.247 e. The molecule has 0 saturated heterocycles. The maximum absolute atomic E-state index is 11.5. The molecule has 0 bridgehead atoms. The smallest absolute Gasteiger partial charge is 0.247 e. The van der Waals surface area contributed by atoms with E-state index in [4.69, 9.17) is 17.3 Å². The Hall–Kier alpha value is -1.23. The molecule has 1 heterocycles. The Bertz CT molecular complexity index is 358. The summed E-state index contributed by atoms with van der Waals surface area (Å²) in [6, 6.07) is 0. The number of aromatic nitrogens is 2. The Kier molecular flexibility index (Phi) is 2.71. The van der Waals surface area contributed by atoms with E-state index >= 15 is 0 Å². The number of nitrogens with one attached hydrogen (secondary N) is 1. The molecule has 1 aromatic heterocycles. The molecule has 3 N–H and O–H groups in total. The van der Waals surface area contributed by atoms with Crippen molar-refractivity contribution in [1.82, 2.24) is 15.1 Å². The summed E-state index contributed by atoms with van der Waals surface area (Å²) in [5, 5.41) is 6.77. The normalized spacial score (nSPS) is 11.4. The fourth-order valence-corrected chi connectivity index (χ4v) is 1.44. The lowest BCUT2D eigenvalue weighted by Crippen LogP contribution is -2.43. The quantitative estimate of drug-likeness (QED) is 0.761. The Labute approximate surface area is 87.2 Å². The molecule has 0 atom stereocenters. The summed E-state index contributed by atoms with van der Waals surface area (Å²) >= 11 is 5.89. The molecule has 0 aromatic carbocycles. The third-order valence-corrected chi connectivity index (χ3v) is 2.43. The Morgan fingerprint density at radius 2 is 2.29 bits per heavy atom. The van der Waals surface area contributed by atoms with Gasteiger partial charge in [-0.25, -0.2) is 4.68 Å². The number of nitrogens with zero attached hydrogens (tertiary/aromatic N) is 2. The standard InChI is InChI=1S/C8H13ClN4O/c1-8(2,7(14)11-3)13-6(9)5(10)4-12-13/h4H,10H2,1-3H3,(H,11,14). The first-order valence-electron chi connectivity index (χ1n) is 4.13. The second-order valence-corrected chi connectivity index (χ2v) is 3.80. The first kappa shape index (κ1) is 10.8. The van der Waals surface area contributed by atoms with E-state index < -0.39 is 5.54 Å². The van der Waals surface area contributed by atoms with Gasteiger partial charge in [0, 0.05) is 7.05 Å². The van der Waals surface area contributed by atoms with Crippen molar-refractivity contribution in [3.63, 3.8) is 0 Å². The lowest BCUT2D eigenvalue weighted by atomic mass is 10.1. The molecule has 14 heavy (non-hydrogen) atoms. The van der Waals surface area contributed by atoms with Crippen molar-refractivity contribution < 1.29 is 4.79 Å². The summed E-state index contributed by atoms with van der Waals surface area (Å²) < 4.78 is 1.39. The molecule has 0 aliphatic rings. The van der Waals surface area contributed by atoms with E-state index in [0.29, 0.717) is 5.69 Å². The van der Waals surface area contributed by atoms with E-state index in [1.807, 2.05) is 0 Å². The summed E-state index contributed by atoms with van der Waals surface area (Å²) in [4.78, 5) is 11.5. The average Bonchev–Trinajstić information content (AvgIpc) is 2.46. The Morgan fingerprint density at radius 3 is 2.64 bits per heavy atom. The van der Waals surface area contributed by atoms with Crippen molar-refractivity contribution in [3.8, 4) is 0 Å². The van der Waals surface area contributed by atoms with Crippen LogP contribution in [0.3, 0.4) is 0 Å². The van der Waals surface area contributed by atoms with Crippen LogP contribution in [-0.2, 0) is 10.3 Å². The number of amides is 1. The van der Waals surface area contributed by atoms with Crippen LogP contribution >= 0.6 is 11.6 Å². The molecule has 1 rings (SSSR count). The van der Waals surface area contributed by atoms with Gasteiger partial charge < -0.3 is 11.1 Å². The molecule has 0 aliphatic heterocycles. The van der Waals surface area contributed by atoms with Crippen molar-refractivity contribution in [2.75, 3.05) is 12.8 Å². The third-order valence-electron chi connectivity index (χ3n) is 2.05. The predicted molar refractivity (Wildman–Crippen MR) is 55.0 cm³/mol. The van der Waals surface area contributed by atoms with E-state index in [-0.39, 0.29) is 11.1 Å². The maximum atomic E-state index is 11.5. The van der Waals surface area contributed by atoms with Gasteiger partial charge in [-0.2, -0.15) is 5.10 Å². The number of nitrogen functional groups attached to an aromatic ring is 1. The second-order valence-electron chi connectivity index (χ2n) is 3.44. The number of hydrogen-bond donors (Lipinski definition) is 2. The number of likely N-dealkylation sites (N-methyl/N-ethyl adjacent to an activating group) is 1. The van der Waals surface area contributed by atoms with Crippen molar-refractivity contribution in [2.24, 2.45) is 0 Å². The molecule has 0 fully saturated rings. The zero-order valence-electron chi connectivity index (χ0n) is 8.34. The number of carbonyl (C=O) groups excluding carboxylic acids is 1. The van der Waals surface area contributed by atoms with Crippen LogP contribution < -0.4 is 11.1 Å². The number of hydrogen-bond acceptors (Lipinski definition) is 3. The van der Waals surface area contributed by atoms with E-state index in [9.17, 15) is 4.79 Å². The summed E-state index contributed by atoms with van der Waals surface area (Å²) in [6.45, 7) is 3.42. The summed E-state index contributed by atoms with van der Waals surface area (Å²) in [6.07, 6.45) is 1.42. The van der Waals surface area contributed by atoms with E-state index in [1.165, 1.54) is 10.9 Å². The van der Waals surface area contributed by atoms with Crippen LogP contribution in [0.4, 0.5) is 5.69 Å². The van der Waals surface area contributed by atoms with Gasteiger partial charge in [-0.05, 0) is 13.8 Å². The van der Waals surface area contributed by atoms with Gasteiger partial charge in [0.2, 0.25) is 5.91 Å². The Morgan fingerprint density at radius 1 is 1.71 bits per heavy atom. The van der Waals surface area contributed by atoms with Crippen LogP contribution in [0, 0.1) is 0 Å². The second kappa shape index (κ2) is 3.49. The minimum Gasteiger partial charge on any atom is -0.395 e. The van der Waals surface area contributed by atoms with Gasteiger partial charge in [0.1, 0.15) is 5.54 Å². The van der Waals surface area contributed by atoms with Gasteiger partial charge >= 0.3 is 0 Å². The third kappa shape index (κ3) is 1.55. The first-order valence-corrected chi connectivity index (χ1v) is 4.50.